The Morgan fingerprint density at radius 3 is 2.62 bits per heavy atom. The Morgan fingerprint density at radius 1 is 1.23 bits per heavy atom. The zero-order valence-electron chi connectivity index (χ0n) is 7.24. The first-order valence-electron chi connectivity index (χ1n) is 4.43. The van der Waals surface area contributed by atoms with Crippen LogP contribution in [0.4, 0.5) is 4.39 Å². The molecule has 3 heteroatoms. The number of halogens is 1. The summed E-state index contributed by atoms with van der Waals surface area (Å²) in [5, 5.41) is 3.13. The van der Waals surface area contributed by atoms with Crippen molar-refractivity contribution in [3.63, 3.8) is 0 Å². The predicted octanol–water partition coefficient (Wildman–Crippen LogP) is 2.09. The summed E-state index contributed by atoms with van der Waals surface area (Å²) in [5.74, 6) is 0. The van der Waals surface area contributed by atoms with Gasteiger partial charge in [-0.1, -0.05) is 18.2 Å². The molecule has 1 N–H and O–H groups in total. The molecule has 2 unspecified atom stereocenters. The minimum absolute atomic E-state index is 0.0856. The van der Waals surface area contributed by atoms with E-state index in [0.29, 0.717) is 6.54 Å². The molecule has 1 saturated heterocycles. The summed E-state index contributed by atoms with van der Waals surface area (Å²) in [7, 11) is 0. The van der Waals surface area contributed by atoms with Crippen LogP contribution in [0.2, 0.25) is 0 Å². The van der Waals surface area contributed by atoms with Gasteiger partial charge in [-0.15, -0.1) is 11.8 Å². The molecule has 0 aromatic heterocycles. The van der Waals surface area contributed by atoms with Crippen molar-refractivity contribution < 1.29 is 4.39 Å². The summed E-state index contributed by atoms with van der Waals surface area (Å²) in [5.41, 5.74) is 0. The first kappa shape index (κ1) is 9.03. The molecule has 1 nitrogen and oxygen atoms in total. The van der Waals surface area contributed by atoms with Crippen molar-refractivity contribution in [2.24, 2.45) is 0 Å². The lowest BCUT2D eigenvalue weighted by Crippen LogP contribution is -2.14. The van der Waals surface area contributed by atoms with Crippen molar-refractivity contribution >= 4 is 11.8 Å². The molecule has 0 amide bonds. The Balaban J connectivity index is 1.98. The molecule has 1 aliphatic heterocycles. The number of hydrogen-bond acceptors (Lipinski definition) is 2. The quantitative estimate of drug-likeness (QED) is 0.779. The van der Waals surface area contributed by atoms with Gasteiger partial charge in [0.1, 0.15) is 6.17 Å². The lowest BCUT2D eigenvalue weighted by molar-refractivity contribution is 0.367. The highest BCUT2D eigenvalue weighted by molar-refractivity contribution is 8.00. The maximum atomic E-state index is 13.2. The molecular weight excluding hydrogens is 185 g/mol. The van der Waals surface area contributed by atoms with Crippen LogP contribution in [0.5, 0.6) is 0 Å². The van der Waals surface area contributed by atoms with E-state index < -0.39 is 6.17 Å². The van der Waals surface area contributed by atoms with Crippen LogP contribution < -0.4 is 5.32 Å². The van der Waals surface area contributed by atoms with Crippen LogP contribution in [0.3, 0.4) is 0 Å². The Labute approximate surface area is 81.7 Å². The normalized spacial score (nSPS) is 27.8. The lowest BCUT2D eigenvalue weighted by atomic mass is 10.3. The minimum Gasteiger partial charge on any atom is -0.313 e. The van der Waals surface area contributed by atoms with Crippen LogP contribution in [0.1, 0.15) is 0 Å². The van der Waals surface area contributed by atoms with E-state index in [4.69, 9.17) is 0 Å². The van der Waals surface area contributed by atoms with Crippen molar-refractivity contribution in [1.29, 1.82) is 0 Å². The van der Waals surface area contributed by atoms with E-state index >= 15 is 0 Å². The van der Waals surface area contributed by atoms with E-state index in [-0.39, 0.29) is 5.25 Å². The number of benzene rings is 1. The van der Waals surface area contributed by atoms with Gasteiger partial charge in [0, 0.05) is 18.0 Å². The average Bonchev–Trinajstić information content (AvgIpc) is 2.54. The smallest absolute Gasteiger partial charge is 0.126 e. The van der Waals surface area contributed by atoms with Crippen molar-refractivity contribution in [3.05, 3.63) is 30.3 Å². The highest BCUT2D eigenvalue weighted by atomic mass is 32.2. The third kappa shape index (κ3) is 2.23. The fraction of sp³-hybridized carbons (Fsp3) is 0.400. The van der Waals surface area contributed by atoms with Gasteiger partial charge in [0.25, 0.3) is 0 Å². The Morgan fingerprint density at radius 2 is 2.00 bits per heavy atom. The standard InChI is InChI=1S/C10H12FNS/c11-9-6-12-7-10(9)13-8-4-2-1-3-5-8/h1-5,9-10,12H,6-7H2. The molecule has 1 aliphatic rings. The second-order valence-corrected chi connectivity index (χ2v) is 4.46. The molecule has 2 rings (SSSR count). The van der Waals surface area contributed by atoms with Gasteiger partial charge < -0.3 is 5.32 Å². The molecule has 0 bridgehead atoms. The van der Waals surface area contributed by atoms with E-state index in [0.717, 1.165) is 11.4 Å². The van der Waals surface area contributed by atoms with Gasteiger partial charge in [-0.05, 0) is 12.1 Å². The maximum absolute atomic E-state index is 13.2. The van der Waals surface area contributed by atoms with Crippen LogP contribution in [0.25, 0.3) is 0 Å². The van der Waals surface area contributed by atoms with Crippen LogP contribution in [0, 0.1) is 0 Å². The van der Waals surface area contributed by atoms with Crippen molar-refractivity contribution in [2.75, 3.05) is 13.1 Å². The van der Waals surface area contributed by atoms with Gasteiger partial charge in [-0.2, -0.15) is 0 Å². The van der Waals surface area contributed by atoms with Crippen LogP contribution >= 0.6 is 11.8 Å². The third-order valence-corrected chi connectivity index (χ3v) is 3.43. The number of thioether (sulfide) groups is 1. The van der Waals surface area contributed by atoms with E-state index in [1.807, 2.05) is 30.3 Å². The number of nitrogens with one attached hydrogen (secondary N) is 1. The second-order valence-electron chi connectivity index (χ2n) is 3.14. The summed E-state index contributed by atoms with van der Waals surface area (Å²) in [6.07, 6.45) is -0.704. The lowest BCUT2D eigenvalue weighted by Gasteiger charge is -2.10. The fourth-order valence-electron chi connectivity index (χ4n) is 1.41. The molecule has 1 aromatic carbocycles. The van der Waals surface area contributed by atoms with Gasteiger partial charge in [-0.3, -0.25) is 0 Å². The molecular formula is C10H12FNS. The molecule has 1 heterocycles. The summed E-state index contributed by atoms with van der Waals surface area (Å²) in [4.78, 5) is 1.15. The number of hydrogen-bond donors (Lipinski definition) is 1. The van der Waals surface area contributed by atoms with Gasteiger partial charge in [-0.25, -0.2) is 4.39 Å². The van der Waals surface area contributed by atoms with Crippen molar-refractivity contribution in [2.45, 2.75) is 16.3 Å². The summed E-state index contributed by atoms with van der Waals surface area (Å²) < 4.78 is 13.2. The van der Waals surface area contributed by atoms with Crippen molar-refractivity contribution in [3.8, 4) is 0 Å². The van der Waals surface area contributed by atoms with Crippen LogP contribution in [-0.2, 0) is 0 Å². The first-order valence-corrected chi connectivity index (χ1v) is 5.31. The van der Waals surface area contributed by atoms with Gasteiger partial charge in [0.05, 0.1) is 5.25 Å². The van der Waals surface area contributed by atoms with Gasteiger partial charge >= 0.3 is 0 Å². The van der Waals surface area contributed by atoms with E-state index in [1.54, 1.807) is 11.8 Å². The fourth-order valence-corrected chi connectivity index (χ4v) is 2.52. The predicted molar refractivity (Wildman–Crippen MR) is 53.9 cm³/mol. The molecule has 70 valence electrons. The Kier molecular flexibility index (Phi) is 2.86. The van der Waals surface area contributed by atoms with Crippen LogP contribution in [-0.4, -0.2) is 24.5 Å². The van der Waals surface area contributed by atoms with Crippen molar-refractivity contribution in [1.82, 2.24) is 5.32 Å². The molecule has 13 heavy (non-hydrogen) atoms. The highest BCUT2D eigenvalue weighted by Crippen LogP contribution is 2.27. The largest absolute Gasteiger partial charge is 0.313 e. The zero-order chi connectivity index (χ0) is 9.10. The zero-order valence-corrected chi connectivity index (χ0v) is 8.06. The van der Waals surface area contributed by atoms with E-state index in [2.05, 4.69) is 5.32 Å². The monoisotopic (exact) mass is 197 g/mol. The van der Waals surface area contributed by atoms with Gasteiger partial charge in [0.2, 0.25) is 0 Å². The Bertz CT molecular complexity index is 265. The molecule has 0 aliphatic carbocycles. The molecule has 0 radical (unpaired) electrons. The first-order chi connectivity index (χ1) is 6.36. The third-order valence-electron chi connectivity index (χ3n) is 2.12. The number of rotatable bonds is 2. The maximum Gasteiger partial charge on any atom is 0.126 e. The Hall–Kier alpha value is -0.540. The molecule has 0 saturated carbocycles. The molecule has 1 aromatic rings. The molecule has 2 atom stereocenters. The van der Waals surface area contributed by atoms with E-state index in [9.17, 15) is 4.39 Å². The summed E-state index contributed by atoms with van der Waals surface area (Å²) in [6.45, 7) is 1.28. The van der Waals surface area contributed by atoms with E-state index in [1.165, 1.54) is 0 Å². The van der Waals surface area contributed by atoms with Gasteiger partial charge in [0.15, 0.2) is 0 Å². The summed E-state index contributed by atoms with van der Waals surface area (Å²) in [6, 6.07) is 9.99. The highest BCUT2D eigenvalue weighted by Gasteiger charge is 2.27. The topological polar surface area (TPSA) is 12.0 Å². The van der Waals surface area contributed by atoms with Crippen LogP contribution in [0.15, 0.2) is 35.2 Å². The number of alkyl halides is 1. The molecule has 1 fully saturated rings. The summed E-state index contributed by atoms with van der Waals surface area (Å²) >= 11 is 1.62. The minimum atomic E-state index is -0.704. The SMILES string of the molecule is FC1CNCC1Sc1ccccc1. The second kappa shape index (κ2) is 4.11. The average molecular weight is 197 g/mol. The molecule has 0 spiro atoms.